The van der Waals surface area contributed by atoms with E-state index in [1.54, 1.807) is 13.3 Å². The van der Waals surface area contributed by atoms with Gasteiger partial charge in [-0.2, -0.15) is 0 Å². The van der Waals surface area contributed by atoms with Crippen LogP contribution in [0.4, 0.5) is 0 Å². The Hall–Kier alpha value is -2.80. The van der Waals surface area contributed by atoms with Crippen molar-refractivity contribution in [3.63, 3.8) is 0 Å². The molecule has 1 saturated heterocycles. The van der Waals surface area contributed by atoms with Gasteiger partial charge in [-0.3, -0.25) is 4.79 Å². The number of rotatable bonds is 3. The maximum absolute atomic E-state index is 13.1. The molecule has 1 N–H and O–H groups in total. The van der Waals surface area contributed by atoms with E-state index in [2.05, 4.69) is 9.97 Å². The van der Waals surface area contributed by atoms with E-state index in [-0.39, 0.29) is 12.0 Å². The number of carbonyl (C=O) groups is 1. The fourth-order valence-corrected chi connectivity index (χ4v) is 3.50. The van der Waals surface area contributed by atoms with Gasteiger partial charge in [0, 0.05) is 36.9 Å². The minimum Gasteiger partial charge on any atom is -0.497 e. The Kier molecular flexibility index (Phi) is 4.16. The van der Waals surface area contributed by atoms with Gasteiger partial charge < -0.3 is 23.9 Å². The van der Waals surface area contributed by atoms with Gasteiger partial charge in [0.2, 0.25) is 0 Å². The lowest BCUT2D eigenvalue weighted by molar-refractivity contribution is -0.0278. The monoisotopic (exact) mass is 354 g/mol. The average molecular weight is 354 g/mol. The van der Waals surface area contributed by atoms with Crippen LogP contribution in [0.15, 0.2) is 30.6 Å². The van der Waals surface area contributed by atoms with Crippen LogP contribution in [0.2, 0.25) is 0 Å². The number of aromatic nitrogens is 3. The van der Waals surface area contributed by atoms with Crippen LogP contribution in [0.25, 0.3) is 10.9 Å². The third-order valence-corrected chi connectivity index (χ3v) is 4.79. The molecule has 2 aromatic heterocycles. The van der Waals surface area contributed by atoms with Gasteiger partial charge in [0.1, 0.15) is 17.7 Å². The van der Waals surface area contributed by atoms with Crippen molar-refractivity contribution >= 4 is 16.8 Å². The molecule has 1 aliphatic heterocycles. The van der Waals surface area contributed by atoms with E-state index < -0.39 is 0 Å². The lowest BCUT2D eigenvalue weighted by atomic mass is 10.1. The van der Waals surface area contributed by atoms with Crippen LogP contribution in [-0.4, -0.2) is 52.1 Å². The van der Waals surface area contributed by atoms with E-state index in [0.717, 1.165) is 28.2 Å². The molecular formula is C19H22N4O3. The first-order chi connectivity index (χ1) is 12.6. The number of imidazole rings is 1. The summed E-state index contributed by atoms with van der Waals surface area (Å²) in [6, 6.07) is 5.68. The average Bonchev–Trinajstić information content (AvgIpc) is 3.23. The van der Waals surface area contributed by atoms with Crippen LogP contribution in [-0.2, 0) is 11.8 Å². The number of hydrogen-bond acceptors (Lipinski definition) is 4. The van der Waals surface area contributed by atoms with E-state index in [4.69, 9.17) is 9.47 Å². The SMILES string of the molecule is COc1ccc2[nH]cc(C(=O)N3CCO[C@@H](c4nc(C)cn4C)C3)c2c1. The largest absolute Gasteiger partial charge is 0.497 e. The molecule has 0 bridgehead atoms. The Morgan fingerprint density at radius 2 is 2.27 bits per heavy atom. The first-order valence-corrected chi connectivity index (χ1v) is 8.62. The highest BCUT2D eigenvalue weighted by Gasteiger charge is 2.29. The molecule has 1 fully saturated rings. The standard InChI is InChI=1S/C19H22N4O3/c1-12-10-22(2)18(21-12)17-11-23(6-7-26-17)19(24)15-9-20-16-5-4-13(25-3)8-14(15)16/h4-5,8-10,17,20H,6-7,11H2,1-3H3/t17-/m1/s1. The normalized spacial score (nSPS) is 17.7. The molecule has 7 heteroatoms. The maximum atomic E-state index is 13.1. The van der Waals surface area contributed by atoms with Crippen molar-refractivity contribution in [3.05, 3.63) is 47.7 Å². The zero-order valence-corrected chi connectivity index (χ0v) is 15.2. The maximum Gasteiger partial charge on any atom is 0.256 e. The van der Waals surface area contributed by atoms with Crippen LogP contribution < -0.4 is 4.74 Å². The minimum absolute atomic E-state index is 0.0104. The number of fused-ring (bicyclic) bond motifs is 1. The molecule has 0 radical (unpaired) electrons. The summed E-state index contributed by atoms with van der Waals surface area (Å²) in [6.07, 6.45) is 3.51. The van der Waals surface area contributed by atoms with Crippen molar-refractivity contribution in [1.29, 1.82) is 0 Å². The zero-order chi connectivity index (χ0) is 18.3. The molecule has 136 valence electrons. The topological polar surface area (TPSA) is 72.4 Å². The van der Waals surface area contributed by atoms with Crippen molar-refractivity contribution in [1.82, 2.24) is 19.4 Å². The number of aryl methyl sites for hydroxylation is 2. The summed E-state index contributed by atoms with van der Waals surface area (Å²) in [5.41, 5.74) is 2.51. The van der Waals surface area contributed by atoms with Crippen LogP contribution >= 0.6 is 0 Å². The second kappa shape index (κ2) is 6.49. The molecule has 1 aromatic carbocycles. The molecule has 26 heavy (non-hydrogen) atoms. The Bertz CT molecular complexity index is 959. The van der Waals surface area contributed by atoms with Gasteiger partial charge >= 0.3 is 0 Å². The quantitative estimate of drug-likeness (QED) is 0.784. The molecule has 3 heterocycles. The molecular weight excluding hydrogens is 332 g/mol. The number of H-pyrrole nitrogens is 1. The number of morpholine rings is 1. The predicted octanol–water partition coefficient (Wildman–Crippen LogP) is 2.43. The third-order valence-electron chi connectivity index (χ3n) is 4.79. The van der Waals surface area contributed by atoms with Crippen LogP contribution in [0, 0.1) is 6.92 Å². The van der Waals surface area contributed by atoms with Crippen molar-refractivity contribution in [2.75, 3.05) is 26.8 Å². The smallest absolute Gasteiger partial charge is 0.256 e. The molecule has 1 aliphatic rings. The summed E-state index contributed by atoms with van der Waals surface area (Å²) in [5.74, 6) is 1.57. The highest BCUT2D eigenvalue weighted by Crippen LogP contribution is 2.27. The molecule has 3 aromatic rings. The van der Waals surface area contributed by atoms with Gasteiger partial charge in [0.05, 0.1) is 31.5 Å². The van der Waals surface area contributed by atoms with E-state index in [9.17, 15) is 4.79 Å². The molecule has 4 rings (SSSR count). The summed E-state index contributed by atoms with van der Waals surface area (Å²) in [4.78, 5) is 22.7. The fraction of sp³-hybridized carbons (Fsp3) is 0.368. The molecule has 0 saturated carbocycles. The summed E-state index contributed by atoms with van der Waals surface area (Å²) in [6.45, 7) is 3.50. The molecule has 1 atom stereocenters. The summed E-state index contributed by atoms with van der Waals surface area (Å²) < 4.78 is 13.1. The molecule has 0 unspecified atom stereocenters. The van der Waals surface area contributed by atoms with Crippen LogP contribution in [0.3, 0.4) is 0 Å². The number of nitrogens with zero attached hydrogens (tertiary/aromatic N) is 3. The van der Waals surface area contributed by atoms with Gasteiger partial charge in [-0.15, -0.1) is 0 Å². The fourth-order valence-electron chi connectivity index (χ4n) is 3.50. The van der Waals surface area contributed by atoms with Gasteiger partial charge in [0.25, 0.3) is 5.91 Å². The van der Waals surface area contributed by atoms with E-state index in [0.29, 0.717) is 25.3 Å². The number of methoxy groups -OCH3 is 1. The summed E-state index contributed by atoms with van der Waals surface area (Å²) in [7, 11) is 3.57. The van der Waals surface area contributed by atoms with Crippen LogP contribution in [0.1, 0.15) is 28.0 Å². The Morgan fingerprint density at radius 3 is 3.00 bits per heavy atom. The minimum atomic E-state index is -0.217. The van der Waals surface area contributed by atoms with E-state index >= 15 is 0 Å². The lowest BCUT2D eigenvalue weighted by Gasteiger charge is -2.32. The summed E-state index contributed by atoms with van der Waals surface area (Å²) >= 11 is 0. The second-order valence-electron chi connectivity index (χ2n) is 6.58. The number of hydrogen-bond donors (Lipinski definition) is 1. The Balaban J connectivity index is 1.61. The number of ether oxygens (including phenoxy) is 2. The van der Waals surface area contributed by atoms with Crippen LogP contribution in [0.5, 0.6) is 5.75 Å². The number of nitrogens with one attached hydrogen (secondary N) is 1. The first-order valence-electron chi connectivity index (χ1n) is 8.62. The van der Waals surface area contributed by atoms with Crippen molar-refractivity contribution in [3.8, 4) is 5.75 Å². The predicted molar refractivity (Wildman–Crippen MR) is 97.4 cm³/mol. The van der Waals surface area contributed by atoms with E-state index in [1.165, 1.54) is 0 Å². The van der Waals surface area contributed by atoms with Gasteiger partial charge in [0.15, 0.2) is 0 Å². The molecule has 0 spiro atoms. The number of benzene rings is 1. The van der Waals surface area contributed by atoms with Gasteiger partial charge in [-0.05, 0) is 25.1 Å². The number of carbonyl (C=O) groups excluding carboxylic acids is 1. The molecule has 7 nitrogen and oxygen atoms in total. The van der Waals surface area contributed by atoms with Crippen molar-refractivity contribution in [2.24, 2.45) is 7.05 Å². The molecule has 0 aliphatic carbocycles. The van der Waals surface area contributed by atoms with Gasteiger partial charge in [-0.25, -0.2) is 4.98 Å². The second-order valence-corrected chi connectivity index (χ2v) is 6.58. The highest BCUT2D eigenvalue weighted by molar-refractivity contribution is 6.07. The van der Waals surface area contributed by atoms with Gasteiger partial charge in [-0.1, -0.05) is 0 Å². The van der Waals surface area contributed by atoms with Crippen molar-refractivity contribution < 1.29 is 14.3 Å². The zero-order valence-electron chi connectivity index (χ0n) is 15.2. The molecule has 1 amide bonds. The third kappa shape index (κ3) is 2.84. The summed E-state index contributed by atoms with van der Waals surface area (Å²) in [5, 5.41) is 0.866. The van der Waals surface area contributed by atoms with Crippen molar-refractivity contribution in [2.45, 2.75) is 13.0 Å². The Labute approximate surface area is 151 Å². The highest BCUT2D eigenvalue weighted by atomic mass is 16.5. The van der Waals surface area contributed by atoms with E-state index in [1.807, 2.05) is 47.8 Å². The lowest BCUT2D eigenvalue weighted by Crippen LogP contribution is -2.42. The Morgan fingerprint density at radius 1 is 1.42 bits per heavy atom. The number of aromatic amines is 1. The first kappa shape index (κ1) is 16.7. The number of amides is 1.